The Hall–Kier alpha value is -2.20. The molecule has 1 heterocycles. The summed E-state index contributed by atoms with van der Waals surface area (Å²) < 4.78 is 0. The van der Waals surface area contributed by atoms with Gasteiger partial charge in [-0.2, -0.15) is 0 Å². The van der Waals surface area contributed by atoms with Crippen molar-refractivity contribution in [2.24, 2.45) is 0 Å². The third-order valence-electron chi connectivity index (χ3n) is 3.95. The van der Waals surface area contributed by atoms with Crippen molar-refractivity contribution in [1.82, 2.24) is 10.3 Å². The first-order chi connectivity index (χ1) is 11.1. The molecule has 0 aliphatic carbocycles. The van der Waals surface area contributed by atoms with Crippen molar-refractivity contribution in [3.05, 3.63) is 65.5 Å². The van der Waals surface area contributed by atoms with E-state index >= 15 is 0 Å². The molecule has 0 saturated carbocycles. The van der Waals surface area contributed by atoms with Gasteiger partial charge in [0, 0.05) is 17.9 Å². The van der Waals surface area contributed by atoms with Crippen molar-refractivity contribution in [1.29, 1.82) is 0 Å². The molecule has 2 atom stereocenters. The van der Waals surface area contributed by atoms with Gasteiger partial charge >= 0.3 is 0 Å². The van der Waals surface area contributed by atoms with Crippen LogP contribution < -0.4 is 5.32 Å². The average molecular weight is 312 g/mol. The van der Waals surface area contributed by atoms with Crippen LogP contribution in [-0.4, -0.2) is 22.0 Å². The van der Waals surface area contributed by atoms with Crippen LogP contribution in [0.1, 0.15) is 42.7 Å². The van der Waals surface area contributed by atoms with E-state index in [1.54, 1.807) is 18.3 Å². The van der Waals surface area contributed by atoms with Gasteiger partial charge in [0.05, 0.1) is 0 Å². The van der Waals surface area contributed by atoms with E-state index in [1.165, 1.54) is 5.56 Å². The topological polar surface area (TPSA) is 62.2 Å². The predicted molar refractivity (Wildman–Crippen MR) is 90.9 cm³/mol. The van der Waals surface area contributed by atoms with Crippen molar-refractivity contribution in [2.45, 2.75) is 45.3 Å². The molecular formula is C19H24N2O2. The second-order valence-electron chi connectivity index (χ2n) is 5.86. The molecule has 4 heteroatoms. The van der Waals surface area contributed by atoms with Crippen molar-refractivity contribution in [3.8, 4) is 0 Å². The second-order valence-corrected chi connectivity index (χ2v) is 5.86. The molecule has 0 fully saturated rings. The number of hydrogen-bond donors (Lipinski definition) is 2. The van der Waals surface area contributed by atoms with Crippen molar-refractivity contribution in [3.63, 3.8) is 0 Å². The van der Waals surface area contributed by atoms with Crippen molar-refractivity contribution in [2.75, 3.05) is 0 Å². The monoisotopic (exact) mass is 312 g/mol. The molecule has 0 spiro atoms. The van der Waals surface area contributed by atoms with Gasteiger partial charge in [-0.1, -0.05) is 36.4 Å². The number of carbonyl (C=O) groups is 1. The van der Waals surface area contributed by atoms with E-state index in [4.69, 9.17) is 0 Å². The third-order valence-corrected chi connectivity index (χ3v) is 3.95. The molecule has 4 nitrogen and oxygen atoms in total. The van der Waals surface area contributed by atoms with Crippen LogP contribution in [0.4, 0.5) is 0 Å². The molecule has 2 rings (SSSR count). The van der Waals surface area contributed by atoms with Gasteiger partial charge in [-0.05, 0) is 50.3 Å². The first-order valence-electron chi connectivity index (χ1n) is 8.02. The fourth-order valence-electron chi connectivity index (χ4n) is 2.56. The summed E-state index contributed by atoms with van der Waals surface area (Å²) in [5.74, 6) is -0.346. The van der Waals surface area contributed by atoms with E-state index in [9.17, 15) is 9.90 Å². The molecule has 0 radical (unpaired) electrons. The van der Waals surface area contributed by atoms with Crippen molar-refractivity contribution >= 4 is 5.91 Å². The normalized spacial score (nSPS) is 13.3. The number of aliphatic hydroxyl groups excluding tert-OH is 1. The van der Waals surface area contributed by atoms with E-state index in [0.717, 1.165) is 25.0 Å². The summed E-state index contributed by atoms with van der Waals surface area (Å²) in [7, 11) is 0. The van der Waals surface area contributed by atoms with E-state index < -0.39 is 6.10 Å². The number of nitrogens with zero attached hydrogens (tertiary/aromatic N) is 1. The molecule has 2 N–H and O–H groups in total. The minimum Gasteiger partial charge on any atom is -0.378 e. The molecule has 1 amide bonds. The maximum absolute atomic E-state index is 12.1. The highest BCUT2D eigenvalue weighted by molar-refractivity contribution is 5.82. The highest BCUT2D eigenvalue weighted by Crippen LogP contribution is 2.13. The molecule has 0 aliphatic rings. The Bertz CT molecular complexity index is 628. The molecule has 0 aliphatic heterocycles. The number of benzene rings is 1. The van der Waals surface area contributed by atoms with Gasteiger partial charge in [0.15, 0.2) is 6.10 Å². The van der Waals surface area contributed by atoms with Crippen LogP contribution >= 0.6 is 0 Å². The Morgan fingerprint density at radius 3 is 2.65 bits per heavy atom. The fourth-order valence-corrected chi connectivity index (χ4v) is 2.56. The van der Waals surface area contributed by atoms with Crippen LogP contribution in [0.25, 0.3) is 0 Å². The van der Waals surface area contributed by atoms with E-state index in [2.05, 4.69) is 16.4 Å². The summed E-state index contributed by atoms with van der Waals surface area (Å²) in [6.07, 6.45) is 3.46. The summed E-state index contributed by atoms with van der Waals surface area (Å²) in [6.45, 7) is 3.97. The summed E-state index contributed by atoms with van der Waals surface area (Å²) in [4.78, 5) is 16.3. The Kier molecular flexibility index (Phi) is 6.29. The molecule has 23 heavy (non-hydrogen) atoms. The first kappa shape index (κ1) is 17.2. The number of nitrogens with one attached hydrogen (secondary N) is 1. The fraction of sp³-hybridized carbons (Fsp3) is 0.368. The van der Waals surface area contributed by atoms with Crippen LogP contribution in [0.15, 0.2) is 48.7 Å². The highest BCUT2D eigenvalue weighted by atomic mass is 16.3. The first-order valence-corrected chi connectivity index (χ1v) is 8.02. The molecule has 1 aromatic heterocycles. The molecule has 1 aromatic carbocycles. The lowest BCUT2D eigenvalue weighted by Crippen LogP contribution is -2.36. The molecule has 0 unspecified atom stereocenters. The number of rotatable bonds is 7. The summed E-state index contributed by atoms with van der Waals surface area (Å²) in [6, 6.07) is 13.0. The summed E-state index contributed by atoms with van der Waals surface area (Å²) in [5, 5.41) is 12.9. The summed E-state index contributed by atoms with van der Waals surface area (Å²) >= 11 is 0. The van der Waals surface area contributed by atoms with Gasteiger partial charge in [-0.3, -0.25) is 9.78 Å². The maximum Gasteiger partial charge on any atom is 0.253 e. The zero-order chi connectivity index (χ0) is 16.7. The van der Waals surface area contributed by atoms with Crippen LogP contribution in [0, 0.1) is 6.92 Å². The SMILES string of the molecule is Cc1ncccc1CCC[C@H](C)NC(=O)[C@@H](O)c1ccccc1. The Labute approximate surface area is 137 Å². The standard InChI is InChI=1S/C19H24N2O2/c1-14(8-6-11-16-12-7-13-20-15(16)2)21-19(23)18(22)17-9-4-3-5-10-17/h3-5,7,9-10,12-14,18,22H,6,8,11H2,1-2H3,(H,21,23)/t14-,18-/m0/s1. The van der Waals surface area contributed by atoms with Crippen LogP contribution in [0.3, 0.4) is 0 Å². The number of aromatic nitrogens is 1. The van der Waals surface area contributed by atoms with Gasteiger partial charge in [-0.25, -0.2) is 0 Å². The predicted octanol–water partition coefficient (Wildman–Crippen LogP) is 2.95. The summed E-state index contributed by atoms with van der Waals surface area (Å²) in [5.41, 5.74) is 2.92. The van der Waals surface area contributed by atoms with Crippen molar-refractivity contribution < 1.29 is 9.90 Å². The Balaban J connectivity index is 1.77. The lowest BCUT2D eigenvalue weighted by Gasteiger charge is -2.17. The Morgan fingerprint density at radius 1 is 1.22 bits per heavy atom. The van der Waals surface area contributed by atoms with Crippen LogP contribution in [0.2, 0.25) is 0 Å². The van der Waals surface area contributed by atoms with Gasteiger partial charge in [0.25, 0.3) is 5.91 Å². The number of aliphatic hydroxyl groups is 1. The van der Waals surface area contributed by atoms with E-state index in [-0.39, 0.29) is 11.9 Å². The smallest absolute Gasteiger partial charge is 0.253 e. The largest absolute Gasteiger partial charge is 0.378 e. The van der Waals surface area contributed by atoms with Gasteiger partial charge in [0.1, 0.15) is 0 Å². The second kappa shape index (κ2) is 8.44. The Morgan fingerprint density at radius 2 is 1.96 bits per heavy atom. The quantitative estimate of drug-likeness (QED) is 0.826. The molecule has 2 aromatic rings. The van der Waals surface area contributed by atoms with Gasteiger partial charge in [-0.15, -0.1) is 0 Å². The maximum atomic E-state index is 12.1. The molecule has 0 saturated heterocycles. The average Bonchev–Trinajstić information content (AvgIpc) is 2.56. The minimum absolute atomic E-state index is 0.0258. The molecular weight excluding hydrogens is 288 g/mol. The van der Waals surface area contributed by atoms with Crippen LogP contribution in [-0.2, 0) is 11.2 Å². The minimum atomic E-state index is -1.11. The molecule has 122 valence electrons. The zero-order valence-electron chi connectivity index (χ0n) is 13.7. The van der Waals surface area contributed by atoms with Gasteiger partial charge < -0.3 is 10.4 Å². The lowest BCUT2D eigenvalue weighted by molar-refractivity contribution is -0.130. The number of amides is 1. The third kappa shape index (κ3) is 5.18. The van der Waals surface area contributed by atoms with Crippen LogP contribution in [0.5, 0.6) is 0 Å². The van der Waals surface area contributed by atoms with E-state index in [0.29, 0.717) is 5.56 Å². The number of carbonyl (C=O) groups excluding carboxylic acids is 1. The lowest BCUT2D eigenvalue weighted by atomic mass is 10.0. The zero-order valence-corrected chi connectivity index (χ0v) is 13.7. The molecule has 0 bridgehead atoms. The van der Waals surface area contributed by atoms with Gasteiger partial charge in [0.2, 0.25) is 0 Å². The van der Waals surface area contributed by atoms with E-state index in [1.807, 2.05) is 38.1 Å². The number of hydrogen-bond acceptors (Lipinski definition) is 3. The number of pyridine rings is 1. The number of aryl methyl sites for hydroxylation is 2. The highest BCUT2D eigenvalue weighted by Gasteiger charge is 2.18.